The van der Waals surface area contributed by atoms with Gasteiger partial charge < -0.3 is 29.3 Å². The van der Waals surface area contributed by atoms with Crippen LogP contribution in [0.15, 0.2) is 59.2 Å². The summed E-state index contributed by atoms with van der Waals surface area (Å²) in [5.74, 6) is -2.45. The summed E-state index contributed by atoms with van der Waals surface area (Å²) in [6.45, 7) is -0.687. The Balaban J connectivity index is 1.78. The van der Waals surface area contributed by atoms with Gasteiger partial charge in [0.15, 0.2) is 23.9 Å². The van der Waals surface area contributed by atoms with Crippen LogP contribution >= 0.6 is 0 Å². The van der Waals surface area contributed by atoms with E-state index in [1.807, 2.05) is 0 Å². The fourth-order valence-corrected chi connectivity index (χ4v) is 2.70. The summed E-state index contributed by atoms with van der Waals surface area (Å²) in [5, 5.41) is 4.84. The highest BCUT2D eigenvalue weighted by Crippen LogP contribution is 2.34. The molecule has 0 aliphatic rings. The van der Waals surface area contributed by atoms with E-state index in [-0.39, 0.29) is 34.2 Å². The fourth-order valence-electron chi connectivity index (χ4n) is 2.70. The van der Waals surface area contributed by atoms with Crippen LogP contribution in [0.2, 0.25) is 0 Å². The largest absolute Gasteiger partial charge is 0.493 e. The highest BCUT2D eigenvalue weighted by Gasteiger charge is 2.22. The van der Waals surface area contributed by atoms with Gasteiger partial charge in [0.2, 0.25) is 0 Å². The molecule has 0 unspecified atom stereocenters. The number of carbonyl (C=O) groups excluding carboxylic acids is 3. The number of methoxy groups -OCH3 is 2. The van der Waals surface area contributed by atoms with Crippen molar-refractivity contribution in [3.8, 4) is 11.5 Å². The number of esters is 1. The number of amides is 2. The third-order valence-electron chi connectivity index (χ3n) is 4.22. The van der Waals surface area contributed by atoms with Crippen LogP contribution in [0.1, 0.15) is 20.9 Å². The molecule has 1 aromatic heterocycles. The number of benzene rings is 2. The molecular weight excluding hydrogens is 423 g/mol. The van der Waals surface area contributed by atoms with Crippen molar-refractivity contribution in [2.24, 2.45) is 0 Å². The Morgan fingerprint density at radius 1 is 0.938 bits per heavy atom. The van der Waals surface area contributed by atoms with Gasteiger partial charge in [-0.25, -0.2) is 9.18 Å². The second-order valence-electron chi connectivity index (χ2n) is 6.29. The molecule has 2 aromatic carbocycles. The first kappa shape index (κ1) is 22.3. The molecule has 10 heteroatoms. The summed E-state index contributed by atoms with van der Waals surface area (Å²) < 4.78 is 34.2. The average molecular weight is 442 g/mol. The second kappa shape index (κ2) is 10.1. The van der Waals surface area contributed by atoms with E-state index in [0.29, 0.717) is 0 Å². The lowest BCUT2D eigenvalue weighted by molar-refractivity contribution is -0.119. The number of rotatable bonds is 8. The van der Waals surface area contributed by atoms with Crippen LogP contribution < -0.4 is 20.1 Å². The van der Waals surface area contributed by atoms with Gasteiger partial charge >= 0.3 is 5.97 Å². The van der Waals surface area contributed by atoms with Crippen LogP contribution in [0.25, 0.3) is 0 Å². The first-order chi connectivity index (χ1) is 15.4. The number of furan rings is 1. The molecule has 0 spiro atoms. The van der Waals surface area contributed by atoms with Gasteiger partial charge in [0, 0.05) is 12.1 Å². The number of hydrogen-bond donors (Lipinski definition) is 2. The molecule has 0 aliphatic carbocycles. The number of hydrogen-bond acceptors (Lipinski definition) is 7. The Hall–Kier alpha value is -4.34. The maximum absolute atomic E-state index is 13.7. The maximum atomic E-state index is 13.7. The Kier molecular flexibility index (Phi) is 7.06. The molecule has 0 saturated carbocycles. The topological polar surface area (TPSA) is 116 Å². The average Bonchev–Trinajstić information content (AvgIpc) is 3.34. The van der Waals surface area contributed by atoms with Gasteiger partial charge in [-0.05, 0) is 24.3 Å². The standard InChI is InChI=1S/C22H19FN2O7/c1-29-18-10-13(16(11-19(18)30-2)25-21(27)17-8-5-9-31-17)22(28)32-12-20(26)24-15-7-4-3-6-14(15)23/h3-11H,12H2,1-2H3,(H,24,26)(H,25,27). The first-order valence-electron chi connectivity index (χ1n) is 9.25. The fraction of sp³-hybridized carbons (Fsp3) is 0.136. The Labute approximate surface area is 182 Å². The lowest BCUT2D eigenvalue weighted by Gasteiger charge is -2.15. The molecule has 0 saturated heterocycles. The van der Waals surface area contributed by atoms with Crippen LogP contribution in [0.5, 0.6) is 11.5 Å². The lowest BCUT2D eigenvalue weighted by Crippen LogP contribution is -2.22. The molecule has 3 rings (SSSR count). The number of nitrogens with one attached hydrogen (secondary N) is 2. The lowest BCUT2D eigenvalue weighted by atomic mass is 10.1. The smallest absolute Gasteiger partial charge is 0.340 e. The summed E-state index contributed by atoms with van der Waals surface area (Å²) in [6.07, 6.45) is 1.33. The van der Waals surface area contributed by atoms with E-state index in [1.165, 1.54) is 62.9 Å². The van der Waals surface area contributed by atoms with E-state index in [2.05, 4.69) is 10.6 Å². The molecule has 0 fully saturated rings. The highest BCUT2D eigenvalue weighted by atomic mass is 19.1. The van der Waals surface area contributed by atoms with E-state index >= 15 is 0 Å². The molecule has 2 amide bonds. The SMILES string of the molecule is COc1cc(NC(=O)c2ccco2)c(C(=O)OCC(=O)Nc2ccccc2F)cc1OC. The Morgan fingerprint density at radius 3 is 2.31 bits per heavy atom. The van der Waals surface area contributed by atoms with Gasteiger partial charge in [-0.15, -0.1) is 0 Å². The molecule has 9 nitrogen and oxygen atoms in total. The monoisotopic (exact) mass is 442 g/mol. The van der Waals surface area contributed by atoms with Crippen molar-refractivity contribution in [1.29, 1.82) is 0 Å². The van der Waals surface area contributed by atoms with Crippen molar-refractivity contribution in [2.75, 3.05) is 31.5 Å². The molecular formula is C22H19FN2O7. The minimum atomic E-state index is -0.926. The predicted molar refractivity (Wildman–Crippen MR) is 112 cm³/mol. The number of ether oxygens (including phenoxy) is 3. The predicted octanol–water partition coefficient (Wildman–Crippen LogP) is 3.48. The van der Waals surface area contributed by atoms with E-state index in [4.69, 9.17) is 18.6 Å². The Bertz CT molecular complexity index is 1130. The van der Waals surface area contributed by atoms with E-state index < -0.39 is 30.2 Å². The molecule has 32 heavy (non-hydrogen) atoms. The minimum absolute atomic E-state index is 0.0170. The quantitative estimate of drug-likeness (QED) is 0.513. The van der Waals surface area contributed by atoms with Crippen molar-refractivity contribution in [3.63, 3.8) is 0 Å². The van der Waals surface area contributed by atoms with Gasteiger partial charge in [0.25, 0.3) is 11.8 Å². The van der Waals surface area contributed by atoms with Crippen LogP contribution in [-0.2, 0) is 9.53 Å². The molecule has 166 valence electrons. The van der Waals surface area contributed by atoms with Crippen molar-refractivity contribution < 1.29 is 37.4 Å². The molecule has 3 aromatic rings. The molecule has 2 N–H and O–H groups in total. The van der Waals surface area contributed by atoms with E-state index in [0.717, 1.165) is 0 Å². The zero-order chi connectivity index (χ0) is 23.1. The second-order valence-corrected chi connectivity index (χ2v) is 6.29. The van der Waals surface area contributed by atoms with Crippen molar-refractivity contribution >= 4 is 29.2 Å². The number of halogens is 1. The first-order valence-corrected chi connectivity index (χ1v) is 9.25. The van der Waals surface area contributed by atoms with Gasteiger partial charge in [-0.1, -0.05) is 12.1 Å². The molecule has 0 atom stereocenters. The van der Waals surface area contributed by atoms with Crippen LogP contribution in [0.3, 0.4) is 0 Å². The molecule has 0 radical (unpaired) electrons. The Morgan fingerprint density at radius 2 is 1.66 bits per heavy atom. The van der Waals surface area contributed by atoms with Gasteiger partial charge in [0.05, 0.1) is 37.4 Å². The molecule has 1 heterocycles. The van der Waals surface area contributed by atoms with Crippen molar-refractivity contribution in [2.45, 2.75) is 0 Å². The van der Waals surface area contributed by atoms with Crippen LogP contribution in [-0.4, -0.2) is 38.6 Å². The summed E-state index contributed by atoms with van der Waals surface area (Å²) in [7, 11) is 2.76. The third-order valence-corrected chi connectivity index (χ3v) is 4.22. The summed E-state index contributed by atoms with van der Waals surface area (Å²) in [6, 6.07) is 11.2. The molecule has 0 aliphatic heterocycles. The third kappa shape index (κ3) is 5.22. The van der Waals surface area contributed by atoms with Gasteiger partial charge in [-0.2, -0.15) is 0 Å². The number of para-hydroxylation sites is 1. The van der Waals surface area contributed by atoms with Crippen molar-refractivity contribution in [1.82, 2.24) is 0 Å². The normalized spacial score (nSPS) is 10.2. The van der Waals surface area contributed by atoms with Crippen LogP contribution in [0, 0.1) is 5.82 Å². The van der Waals surface area contributed by atoms with Gasteiger partial charge in [0.1, 0.15) is 5.82 Å². The van der Waals surface area contributed by atoms with E-state index in [9.17, 15) is 18.8 Å². The zero-order valence-electron chi connectivity index (χ0n) is 17.1. The summed E-state index contributed by atoms with van der Waals surface area (Å²) >= 11 is 0. The zero-order valence-corrected chi connectivity index (χ0v) is 17.1. The number of anilines is 2. The minimum Gasteiger partial charge on any atom is -0.493 e. The molecule has 0 bridgehead atoms. The number of carbonyl (C=O) groups is 3. The van der Waals surface area contributed by atoms with Gasteiger partial charge in [-0.3, -0.25) is 9.59 Å². The van der Waals surface area contributed by atoms with Crippen LogP contribution in [0.4, 0.5) is 15.8 Å². The maximum Gasteiger partial charge on any atom is 0.340 e. The van der Waals surface area contributed by atoms with E-state index in [1.54, 1.807) is 6.07 Å². The summed E-state index contributed by atoms with van der Waals surface area (Å²) in [5.41, 5.74) is -0.101. The van der Waals surface area contributed by atoms with Crippen molar-refractivity contribution in [3.05, 3.63) is 71.9 Å². The summed E-state index contributed by atoms with van der Waals surface area (Å²) in [4.78, 5) is 37.1. The highest BCUT2D eigenvalue weighted by molar-refractivity contribution is 6.07.